The zero-order valence-corrected chi connectivity index (χ0v) is 9.20. The quantitative estimate of drug-likeness (QED) is 0.842. The second-order valence-corrected chi connectivity index (χ2v) is 3.58. The smallest absolute Gasteiger partial charge is 0.369 e. The van der Waals surface area contributed by atoms with Crippen molar-refractivity contribution in [2.45, 2.75) is 12.6 Å². The Labute approximate surface area is 101 Å². The lowest BCUT2D eigenvalue weighted by molar-refractivity contribution is -0.137. The number of benzene rings is 1. The van der Waals surface area contributed by atoms with Gasteiger partial charge >= 0.3 is 6.18 Å². The molecule has 2 N–H and O–H groups in total. The molecule has 0 radical (unpaired) electrons. The van der Waals surface area contributed by atoms with Crippen molar-refractivity contribution in [1.82, 2.24) is 0 Å². The van der Waals surface area contributed by atoms with Gasteiger partial charge in [-0.15, -0.1) is 0 Å². The molecule has 1 aromatic carbocycles. The van der Waals surface area contributed by atoms with Crippen molar-refractivity contribution >= 4 is 18.3 Å². The maximum Gasteiger partial charge on any atom is 0.416 e. The first-order valence-electron chi connectivity index (χ1n) is 4.95. The summed E-state index contributed by atoms with van der Waals surface area (Å²) in [5.41, 5.74) is 4.08. The highest BCUT2D eigenvalue weighted by Gasteiger charge is 2.30. The molecule has 18 heavy (non-hydrogen) atoms. The molecule has 0 heterocycles. The maximum absolute atomic E-state index is 12.5. The Hall–Kier alpha value is -2.11. The van der Waals surface area contributed by atoms with Crippen molar-refractivity contribution in [3.8, 4) is 0 Å². The van der Waals surface area contributed by atoms with E-state index in [-0.39, 0.29) is 17.5 Å². The molecule has 0 bridgehead atoms. The summed E-state index contributed by atoms with van der Waals surface area (Å²) in [6.07, 6.45) is -1.61. The zero-order chi connectivity index (χ0) is 13.8. The lowest BCUT2D eigenvalue weighted by Crippen LogP contribution is -2.08. The summed E-state index contributed by atoms with van der Waals surface area (Å²) in [5.74, 6) is -0.589. The van der Waals surface area contributed by atoms with Gasteiger partial charge in [-0.3, -0.25) is 9.59 Å². The van der Waals surface area contributed by atoms with Gasteiger partial charge in [0.05, 0.1) is 5.56 Å². The van der Waals surface area contributed by atoms with Crippen molar-refractivity contribution in [3.05, 3.63) is 41.0 Å². The molecular formula is C12H10F3NO2. The Bertz CT molecular complexity index is 493. The standard InChI is InChI=1S/C12H10F3NO2/c13-12(14,15)10-5-8(2-1-3-11(16)18)4-9(6-10)7-17/h1-2,4-7H,3H2,(H2,16,18). The number of carbonyl (C=O) groups excluding carboxylic acids is 2. The molecule has 1 amide bonds. The number of aldehydes is 1. The van der Waals surface area contributed by atoms with Crippen LogP contribution in [0.15, 0.2) is 24.3 Å². The van der Waals surface area contributed by atoms with Gasteiger partial charge in [-0.2, -0.15) is 13.2 Å². The van der Waals surface area contributed by atoms with Gasteiger partial charge in [-0.05, 0) is 23.8 Å². The van der Waals surface area contributed by atoms with E-state index in [1.165, 1.54) is 18.2 Å². The molecule has 6 heteroatoms. The maximum atomic E-state index is 12.5. The third-order valence-electron chi connectivity index (χ3n) is 2.07. The number of rotatable bonds is 4. The fraction of sp³-hybridized carbons (Fsp3) is 0.167. The number of carbonyl (C=O) groups is 2. The second kappa shape index (κ2) is 5.48. The molecule has 0 aliphatic rings. The first-order valence-corrected chi connectivity index (χ1v) is 4.95. The highest BCUT2D eigenvalue weighted by Crippen LogP contribution is 2.30. The first kappa shape index (κ1) is 14.0. The van der Waals surface area contributed by atoms with E-state index in [2.05, 4.69) is 0 Å². The number of hydrogen-bond acceptors (Lipinski definition) is 2. The van der Waals surface area contributed by atoms with E-state index in [1.54, 1.807) is 0 Å². The summed E-state index contributed by atoms with van der Waals surface area (Å²) in [6, 6.07) is 2.95. The summed E-state index contributed by atoms with van der Waals surface area (Å²) in [7, 11) is 0. The van der Waals surface area contributed by atoms with Gasteiger partial charge in [0.1, 0.15) is 6.29 Å². The molecule has 0 fully saturated rings. The van der Waals surface area contributed by atoms with Crippen LogP contribution in [-0.4, -0.2) is 12.2 Å². The zero-order valence-electron chi connectivity index (χ0n) is 9.20. The van der Waals surface area contributed by atoms with Crippen LogP contribution in [0, 0.1) is 0 Å². The van der Waals surface area contributed by atoms with Crippen LogP contribution in [0.4, 0.5) is 13.2 Å². The molecule has 1 aromatic rings. The van der Waals surface area contributed by atoms with Crippen molar-refractivity contribution in [2.75, 3.05) is 0 Å². The molecule has 0 saturated heterocycles. The number of halogens is 3. The van der Waals surface area contributed by atoms with Crippen LogP contribution in [0.25, 0.3) is 6.08 Å². The monoisotopic (exact) mass is 257 g/mol. The fourth-order valence-corrected chi connectivity index (χ4v) is 1.32. The summed E-state index contributed by atoms with van der Waals surface area (Å²) < 4.78 is 37.6. The molecular weight excluding hydrogens is 247 g/mol. The van der Waals surface area contributed by atoms with Gasteiger partial charge < -0.3 is 5.73 Å². The molecule has 0 aliphatic carbocycles. The molecule has 0 spiro atoms. The predicted octanol–water partition coefficient (Wildman–Crippen LogP) is 2.41. The van der Waals surface area contributed by atoms with Crippen LogP contribution in [0.1, 0.15) is 27.9 Å². The fourth-order valence-electron chi connectivity index (χ4n) is 1.32. The first-order chi connectivity index (χ1) is 8.32. The van der Waals surface area contributed by atoms with Crippen LogP contribution >= 0.6 is 0 Å². The van der Waals surface area contributed by atoms with Crippen LogP contribution in [0.2, 0.25) is 0 Å². The third-order valence-corrected chi connectivity index (χ3v) is 2.07. The van der Waals surface area contributed by atoms with E-state index in [0.717, 1.165) is 12.1 Å². The van der Waals surface area contributed by atoms with Crippen LogP contribution < -0.4 is 5.73 Å². The minimum atomic E-state index is -4.52. The van der Waals surface area contributed by atoms with Crippen LogP contribution in [-0.2, 0) is 11.0 Å². The van der Waals surface area contributed by atoms with E-state index >= 15 is 0 Å². The van der Waals surface area contributed by atoms with Gasteiger partial charge in [-0.1, -0.05) is 12.2 Å². The van der Waals surface area contributed by atoms with Crippen molar-refractivity contribution < 1.29 is 22.8 Å². The molecule has 96 valence electrons. The second-order valence-electron chi connectivity index (χ2n) is 3.58. The lowest BCUT2D eigenvalue weighted by Gasteiger charge is -2.08. The lowest BCUT2D eigenvalue weighted by atomic mass is 10.1. The molecule has 0 saturated carbocycles. The summed E-state index contributed by atoms with van der Waals surface area (Å²) in [5, 5.41) is 0. The highest BCUT2D eigenvalue weighted by atomic mass is 19.4. The summed E-state index contributed by atoms with van der Waals surface area (Å²) in [4.78, 5) is 21.0. The molecule has 0 unspecified atom stereocenters. The van der Waals surface area contributed by atoms with Crippen molar-refractivity contribution in [3.63, 3.8) is 0 Å². The average molecular weight is 257 g/mol. The third kappa shape index (κ3) is 4.04. The minimum Gasteiger partial charge on any atom is -0.369 e. The van der Waals surface area contributed by atoms with Gasteiger partial charge in [0.15, 0.2) is 0 Å². The Morgan fingerprint density at radius 2 is 1.83 bits per heavy atom. The van der Waals surface area contributed by atoms with Crippen LogP contribution in [0.5, 0.6) is 0 Å². The summed E-state index contributed by atoms with van der Waals surface area (Å²) >= 11 is 0. The Balaban J connectivity index is 3.08. The largest absolute Gasteiger partial charge is 0.416 e. The number of nitrogens with two attached hydrogens (primary N) is 1. The highest BCUT2D eigenvalue weighted by molar-refractivity contribution is 5.78. The van der Waals surface area contributed by atoms with E-state index in [0.29, 0.717) is 6.29 Å². The Kier molecular flexibility index (Phi) is 4.25. The number of primary amides is 1. The van der Waals surface area contributed by atoms with E-state index in [4.69, 9.17) is 5.73 Å². The van der Waals surface area contributed by atoms with Gasteiger partial charge in [-0.25, -0.2) is 0 Å². The topological polar surface area (TPSA) is 60.2 Å². The van der Waals surface area contributed by atoms with E-state index < -0.39 is 17.6 Å². The van der Waals surface area contributed by atoms with Gasteiger partial charge in [0.25, 0.3) is 0 Å². The SMILES string of the molecule is NC(=O)CC=Cc1cc(C=O)cc(C(F)(F)F)c1. The van der Waals surface area contributed by atoms with Crippen molar-refractivity contribution in [1.29, 1.82) is 0 Å². The Morgan fingerprint density at radius 1 is 1.22 bits per heavy atom. The average Bonchev–Trinajstić information content (AvgIpc) is 2.27. The minimum absolute atomic E-state index is 0.0767. The molecule has 0 aliphatic heterocycles. The number of amides is 1. The predicted molar refractivity (Wildman–Crippen MR) is 59.7 cm³/mol. The number of alkyl halides is 3. The van der Waals surface area contributed by atoms with E-state index in [9.17, 15) is 22.8 Å². The van der Waals surface area contributed by atoms with Crippen LogP contribution in [0.3, 0.4) is 0 Å². The normalized spacial score (nSPS) is 11.7. The summed E-state index contributed by atoms with van der Waals surface area (Å²) in [6.45, 7) is 0. The van der Waals surface area contributed by atoms with E-state index in [1.807, 2.05) is 0 Å². The van der Waals surface area contributed by atoms with Gasteiger partial charge in [0.2, 0.25) is 5.91 Å². The molecule has 0 aromatic heterocycles. The molecule has 0 atom stereocenters. The number of hydrogen-bond donors (Lipinski definition) is 1. The molecule has 3 nitrogen and oxygen atoms in total. The molecule has 1 rings (SSSR count). The van der Waals surface area contributed by atoms with Gasteiger partial charge in [0, 0.05) is 12.0 Å². The Morgan fingerprint density at radius 3 is 2.33 bits per heavy atom. The van der Waals surface area contributed by atoms with Crippen molar-refractivity contribution in [2.24, 2.45) is 5.73 Å².